The van der Waals surface area contributed by atoms with Gasteiger partial charge >= 0.3 is 0 Å². The van der Waals surface area contributed by atoms with Gasteiger partial charge in [0.15, 0.2) is 0 Å². The number of nitrogens with one attached hydrogen (secondary N) is 1. The van der Waals surface area contributed by atoms with Gasteiger partial charge in [0, 0.05) is 36.4 Å². The smallest absolute Gasteiger partial charge is 0.122 e. The van der Waals surface area contributed by atoms with E-state index in [0.717, 1.165) is 37.2 Å². The number of benzene rings is 3. The highest BCUT2D eigenvalue weighted by Crippen LogP contribution is 2.53. The van der Waals surface area contributed by atoms with E-state index in [1.54, 1.807) is 7.11 Å². The fourth-order valence-electron chi connectivity index (χ4n) is 6.23. The highest BCUT2D eigenvalue weighted by molar-refractivity contribution is 5.82. The number of aliphatic hydroxyl groups is 1. The van der Waals surface area contributed by atoms with Crippen LogP contribution in [0.5, 0.6) is 5.75 Å². The first kappa shape index (κ1) is 21.7. The summed E-state index contributed by atoms with van der Waals surface area (Å²) in [5, 5.41) is 20.0. The predicted molar refractivity (Wildman–Crippen MR) is 132 cm³/mol. The molecule has 0 amide bonds. The van der Waals surface area contributed by atoms with E-state index in [4.69, 9.17) is 10.1 Å². The third kappa shape index (κ3) is 3.83. The van der Waals surface area contributed by atoms with Crippen molar-refractivity contribution in [2.24, 2.45) is 11.8 Å². The van der Waals surface area contributed by atoms with Crippen molar-refractivity contribution < 1.29 is 9.84 Å². The van der Waals surface area contributed by atoms with Crippen LogP contribution in [-0.2, 0) is 11.8 Å². The number of fused-ring (bicyclic) bond motifs is 1. The van der Waals surface area contributed by atoms with E-state index < -0.39 is 0 Å². The third-order valence-corrected chi connectivity index (χ3v) is 7.84. The molecule has 0 unspecified atom stereocenters. The quantitative estimate of drug-likeness (QED) is 0.438. The van der Waals surface area contributed by atoms with E-state index in [2.05, 4.69) is 65.6 Å². The molecule has 1 saturated carbocycles. The van der Waals surface area contributed by atoms with E-state index in [9.17, 15) is 5.11 Å². The molecule has 3 aromatic rings. The largest absolute Gasteiger partial charge is 0.496 e. The van der Waals surface area contributed by atoms with E-state index in [-0.39, 0.29) is 23.4 Å². The summed E-state index contributed by atoms with van der Waals surface area (Å²) in [6.07, 6.45) is 1.89. The zero-order valence-corrected chi connectivity index (χ0v) is 19.2. The van der Waals surface area contributed by atoms with Crippen molar-refractivity contribution in [1.29, 1.82) is 5.41 Å². The van der Waals surface area contributed by atoms with Crippen LogP contribution in [0.15, 0.2) is 84.9 Å². The van der Waals surface area contributed by atoms with Crippen molar-refractivity contribution in [3.63, 3.8) is 0 Å². The molecule has 1 heterocycles. The average Bonchev–Trinajstić information content (AvgIpc) is 3.33. The molecule has 33 heavy (non-hydrogen) atoms. The van der Waals surface area contributed by atoms with Crippen LogP contribution >= 0.6 is 0 Å². The second kappa shape index (κ2) is 9.03. The number of likely N-dealkylation sites (tertiary alicyclic amines) is 1. The van der Waals surface area contributed by atoms with Gasteiger partial charge < -0.3 is 14.7 Å². The Bertz CT molecular complexity index is 1060. The molecular weight excluding hydrogens is 408 g/mol. The van der Waals surface area contributed by atoms with Crippen molar-refractivity contribution in [3.8, 4) is 5.75 Å². The Kier molecular flexibility index (Phi) is 5.94. The minimum atomic E-state index is -0.334. The molecule has 0 radical (unpaired) electrons. The molecule has 3 atom stereocenters. The fraction of sp³-hybridized carbons (Fsp3) is 0.345. The van der Waals surface area contributed by atoms with Crippen molar-refractivity contribution in [1.82, 2.24) is 4.90 Å². The summed E-state index contributed by atoms with van der Waals surface area (Å²) in [5.41, 5.74) is 3.50. The summed E-state index contributed by atoms with van der Waals surface area (Å²) >= 11 is 0. The molecule has 3 aromatic carbocycles. The molecule has 0 aromatic heterocycles. The number of methoxy groups -OCH3 is 1. The Balaban J connectivity index is 1.50. The second-order valence-electron chi connectivity index (χ2n) is 9.42. The van der Waals surface area contributed by atoms with Gasteiger partial charge in [0.2, 0.25) is 0 Å². The molecule has 1 aliphatic carbocycles. The van der Waals surface area contributed by atoms with Gasteiger partial charge in [-0.1, -0.05) is 78.9 Å². The molecule has 2 fully saturated rings. The monoisotopic (exact) mass is 440 g/mol. The molecule has 1 saturated heterocycles. The number of rotatable bonds is 5. The summed E-state index contributed by atoms with van der Waals surface area (Å²) in [7, 11) is 1.68. The first-order valence-corrected chi connectivity index (χ1v) is 11.9. The number of para-hydroxylation sites is 1. The van der Waals surface area contributed by atoms with Crippen LogP contribution in [0.25, 0.3) is 0 Å². The number of ether oxygens (including phenoxy) is 1. The lowest BCUT2D eigenvalue weighted by molar-refractivity contribution is 0.0236. The van der Waals surface area contributed by atoms with Crippen LogP contribution < -0.4 is 4.74 Å². The van der Waals surface area contributed by atoms with Gasteiger partial charge in [0.25, 0.3) is 0 Å². The molecule has 0 spiro atoms. The Morgan fingerprint density at radius 3 is 2.18 bits per heavy atom. The molecule has 170 valence electrons. The summed E-state index contributed by atoms with van der Waals surface area (Å²) < 4.78 is 5.51. The highest BCUT2D eigenvalue weighted by atomic mass is 16.5. The van der Waals surface area contributed by atoms with Gasteiger partial charge in [-0.05, 0) is 36.0 Å². The molecule has 1 aliphatic heterocycles. The Labute approximate surface area is 196 Å². The van der Waals surface area contributed by atoms with E-state index in [1.165, 1.54) is 11.1 Å². The topological polar surface area (TPSA) is 56.5 Å². The van der Waals surface area contributed by atoms with Crippen molar-refractivity contribution >= 4 is 5.84 Å². The SMILES string of the molecule is COc1ccccc1CC(=N)N1C[C@H]2[C@@H](C1)C(c1ccccc1)(c1ccccc1)CC[C@@H]2O. The van der Waals surface area contributed by atoms with Crippen molar-refractivity contribution in [2.75, 3.05) is 20.2 Å². The van der Waals surface area contributed by atoms with Gasteiger partial charge in [-0.25, -0.2) is 0 Å². The van der Waals surface area contributed by atoms with Gasteiger partial charge in [-0.2, -0.15) is 0 Å². The first-order valence-electron chi connectivity index (χ1n) is 11.9. The van der Waals surface area contributed by atoms with Gasteiger partial charge in [-0.3, -0.25) is 5.41 Å². The minimum absolute atomic E-state index is 0.136. The standard InChI is InChI=1S/C29H32N2O2/c1-33-27-15-9-8-10-21(27)18-28(30)31-19-24-25(20-31)29(17-16-26(24)32,22-11-4-2-5-12-22)23-13-6-3-7-14-23/h2-15,24-26,30,32H,16-20H2,1H3/t24-,25+,26-/m0/s1. The summed E-state index contributed by atoms with van der Waals surface area (Å²) in [6.45, 7) is 1.50. The number of hydrogen-bond acceptors (Lipinski definition) is 3. The second-order valence-corrected chi connectivity index (χ2v) is 9.42. The third-order valence-electron chi connectivity index (χ3n) is 7.84. The average molecular weight is 441 g/mol. The molecule has 2 aliphatic rings. The van der Waals surface area contributed by atoms with Crippen LogP contribution in [0.1, 0.15) is 29.5 Å². The van der Waals surface area contributed by atoms with Gasteiger partial charge in [0.05, 0.1) is 13.2 Å². The predicted octanol–water partition coefficient (Wildman–Crippen LogP) is 4.90. The summed E-state index contributed by atoms with van der Waals surface area (Å²) in [4.78, 5) is 2.19. The molecule has 5 rings (SSSR count). The number of hydrogen-bond donors (Lipinski definition) is 2. The minimum Gasteiger partial charge on any atom is -0.496 e. The fourth-order valence-corrected chi connectivity index (χ4v) is 6.23. The lowest BCUT2D eigenvalue weighted by atomic mass is 9.56. The number of nitrogens with zero attached hydrogens (tertiary/aromatic N) is 1. The normalized spacial score (nSPS) is 23.7. The highest BCUT2D eigenvalue weighted by Gasteiger charge is 2.54. The maximum absolute atomic E-state index is 11.1. The van der Waals surface area contributed by atoms with Crippen molar-refractivity contribution in [2.45, 2.75) is 30.8 Å². The maximum atomic E-state index is 11.1. The Morgan fingerprint density at radius 1 is 0.939 bits per heavy atom. The number of aliphatic hydroxyl groups excluding tert-OH is 1. The van der Waals surface area contributed by atoms with E-state index >= 15 is 0 Å². The lowest BCUT2D eigenvalue weighted by Crippen LogP contribution is -2.48. The van der Waals surface area contributed by atoms with Crippen LogP contribution in [0.4, 0.5) is 0 Å². The van der Waals surface area contributed by atoms with Gasteiger partial charge in [0.1, 0.15) is 11.6 Å². The van der Waals surface area contributed by atoms with Crippen molar-refractivity contribution in [3.05, 3.63) is 102 Å². The van der Waals surface area contributed by atoms with Crippen LogP contribution in [0.2, 0.25) is 0 Å². The molecule has 0 bridgehead atoms. The molecule has 4 nitrogen and oxygen atoms in total. The van der Waals surface area contributed by atoms with E-state index in [1.807, 2.05) is 24.3 Å². The van der Waals surface area contributed by atoms with E-state index in [0.29, 0.717) is 12.3 Å². The van der Waals surface area contributed by atoms with Crippen LogP contribution in [-0.4, -0.2) is 42.1 Å². The zero-order valence-electron chi connectivity index (χ0n) is 19.2. The lowest BCUT2D eigenvalue weighted by Gasteiger charge is -2.48. The molecule has 4 heteroatoms. The summed E-state index contributed by atoms with van der Waals surface area (Å²) in [6, 6.07) is 29.5. The van der Waals surface area contributed by atoms with Crippen LogP contribution in [0.3, 0.4) is 0 Å². The first-order chi connectivity index (χ1) is 16.1. The Morgan fingerprint density at radius 2 is 1.55 bits per heavy atom. The van der Waals surface area contributed by atoms with Gasteiger partial charge in [-0.15, -0.1) is 0 Å². The van der Waals surface area contributed by atoms with Crippen LogP contribution in [0, 0.1) is 17.2 Å². The molecular formula is C29H32N2O2. The molecule has 2 N–H and O–H groups in total. The summed E-state index contributed by atoms with van der Waals surface area (Å²) in [5.74, 6) is 1.79. The maximum Gasteiger partial charge on any atom is 0.122 e. The Hall–Kier alpha value is -3.11. The number of amidine groups is 1. The zero-order chi connectivity index (χ0) is 22.8.